The number of likely N-dealkylation sites (tertiary alicyclic amines) is 1. The Balaban J connectivity index is 2.20. The molecule has 6 heteroatoms. The summed E-state index contributed by atoms with van der Waals surface area (Å²) in [4.78, 5) is 12.4. The number of rotatable bonds is 3. The quantitative estimate of drug-likeness (QED) is 0.932. The van der Waals surface area contributed by atoms with Crippen molar-refractivity contribution < 1.29 is 18.0 Å². The summed E-state index contributed by atoms with van der Waals surface area (Å²) in [6.07, 6.45) is -4.22. The molecule has 1 unspecified atom stereocenters. The van der Waals surface area contributed by atoms with Crippen molar-refractivity contribution in [3.8, 4) is 0 Å². The molecule has 21 heavy (non-hydrogen) atoms. The highest BCUT2D eigenvalue weighted by Gasteiger charge is 2.47. The minimum absolute atomic E-state index is 0.0429. The van der Waals surface area contributed by atoms with E-state index in [-0.39, 0.29) is 31.0 Å². The second-order valence-corrected chi connectivity index (χ2v) is 5.70. The topological polar surface area (TPSA) is 46.3 Å². The van der Waals surface area contributed by atoms with E-state index in [1.54, 1.807) is 0 Å². The first kappa shape index (κ1) is 15.8. The van der Waals surface area contributed by atoms with Crippen molar-refractivity contribution in [3.63, 3.8) is 0 Å². The Bertz CT molecular complexity index is 487. The van der Waals surface area contributed by atoms with Crippen LogP contribution in [-0.4, -0.2) is 36.1 Å². The van der Waals surface area contributed by atoms with E-state index in [1.165, 1.54) is 0 Å². The standard InChI is InChI=1S/C15H19F3N2O/c1-10(19)7-12-8-20(14(21)15(16,17)18)9-13(12)11-5-3-2-4-6-11/h2-6,10,12-13H,7-9,19H2,1H3/t10?,12-,13-/m1/s1. The van der Waals surface area contributed by atoms with E-state index in [9.17, 15) is 18.0 Å². The van der Waals surface area contributed by atoms with Gasteiger partial charge in [0.05, 0.1) is 0 Å². The maximum absolute atomic E-state index is 12.6. The number of amides is 1. The lowest BCUT2D eigenvalue weighted by atomic mass is 9.85. The highest BCUT2D eigenvalue weighted by molar-refractivity contribution is 5.82. The van der Waals surface area contributed by atoms with E-state index in [0.717, 1.165) is 10.5 Å². The number of halogens is 3. The van der Waals surface area contributed by atoms with Gasteiger partial charge in [0.1, 0.15) is 0 Å². The fraction of sp³-hybridized carbons (Fsp3) is 0.533. The third-order valence-electron chi connectivity index (χ3n) is 3.87. The number of alkyl halides is 3. The van der Waals surface area contributed by atoms with Gasteiger partial charge in [0.2, 0.25) is 0 Å². The molecular weight excluding hydrogens is 281 g/mol. The Morgan fingerprint density at radius 2 is 1.95 bits per heavy atom. The number of carbonyl (C=O) groups is 1. The molecule has 116 valence electrons. The third kappa shape index (κ3) is 3.75. The Kier molecular flexibility index (Phi) is 4.56. The lowest BCUT2D eigenvalue weighted by molar-refractivity contribution is -0.184. The summed E-state index contributed by atoms with van der Waals surface area (Å²) < 4.78 is 37.8. The number of nitrogens with two attached hydrogens (primary N) is 1. The molecule has 1 aliphatic rings. The minimum Gasteiger partial charge on any atom is -0.334 e. The van der Waals surface area contributed by atoms with Gasteiger partial charge in [-0.15, -0.1) is 0 Å². The monoisotopic (exact) mass is 300 g/mol. The Hall–Kier alpha value is -1.56. The van der Waals surface area contributed by atoms with Crippen LogP contribution in [0.5, 0.6) is 0 Å². The van der Waals surface area contributed by atoms with Crippen LogP contribution in [-0.2, 0) is 4.79 Å². The average molecular weight is 300 g/mol. The summed E-state index contributed by atoms with van der Waals surface area (Å²) in [6, 6.07) is 9.24. The fourth-order valence-electron chi connectivity index (χ4n) is 3.01. The van der Waals surface area contributed by atoms with Crippen molar-refractivity contribution in [2.45, 2.75) is 31.5 Å². The minimum atomic E-state index is -4.82. The molecule has 1 heterocycles. The van der Waals surface area contributed by atoms with Crippen LogP contribution >= 0.6 is 0 Å². The molecule has 0 spiro atoms. The normalized spacial score (nSPS) is 24.1. The van der Waals surface area contributed by atoms with Gasteiger partial charge in [-0.2, -0.15) is 13.2 Å². The first-order valence-corrected chi connectivity index (χ1v) is 6.95. The highest BCUT2D eigenvalue weighted by Crippen LogP contribution is 2.36. The highest BCUT2D eigenvalue weighted by atomic mass is 19.4. The van der Waals surface area contributed by atoms with Gasteiger partial charge in [0.25, 0.3) is 0 Å². The van der Waals surface area contributed by atoms with E-state index >= 15 is 0 Å². The first-order valence-electron chi connectivity index (χ1n) is 6.95. The van der Waals surface area contributed by atoms with Gasteiger partial charge >= 0.3 is 12.1 Å². The molecule has 1 saturated heterocycles. The van der Waals surface area contributed by atoms with Crippen LogP contribution < -0.4 is 5.73 Å². The van der Waals surface area contributed by atoms with Crippen molar-refractivity contribution in [3.05, 3.63) is 35.9 Å². The van der Waals surface area contributed by atoms with E-state index in [0.29, 0.717) is 6.42 Å². The lowest BCUT2D eigenvalue weighted by Gasteiger charge is -2.20. The molecule has 3 atom stereocenters. The van der Waals surface area contributed by atoms with E-state index < -0.39 is 12.1 Å². The Morgan fingerprint density at radius 1 is 1.33 bits per heavy atom. The second-order valence-electron chi connectivity index (χ2n) is 5.70. The zero-order valence-electron chi connectivity index (χ0n) is 11.8. The SMILES string of the molecule is CC(N)C[C@@H]1CN(C(=O)C(F)(F)F)C[C@@H]1c1ccccc1. The zero-order chi connectivity index (χ0) is 15.6. The van der Waals surface area contributed by atoms with E-state index in [2.05, 4.69) is 0 Å². The van der Waals surface area contributed by atoms with E-state index in [1.807, 2.05) is 37.3 Å². The summed E-state index contributed by atoms with van der Waals surface area (Å²) >= 11 is 0. The van der Waals surface area contributed by atoms with Crippen molar-refractivity contribution >= 4 is 5.91 Å². The summed E-state index contributed by atoms with van der Waals surface area (Å²) in [7, 11) is 0. The molecule has 0 radical (unpaired) electrons. The maximum atomic E-state index is 12.6. The molecule has 2 N–H and O–H groups in total. The van der Waals surface area contributed by atoms with Gasteiger partial charge in [-0.3, -0.25) is 4.79 Å². The molecule has 1 aliphatic heterocycles. The van der Waals surface area contributed by atoms with Gasteiger partial charge in [-0.1, -0.05) is 30.3 Å². The number of nitrogens with zero attached hydrogens (tertiary/aromatic N) is 1. The van der Waals surface area contributed by atoms with Crippen molar-refractivity contribution in [2.75, 3.05) is 13.1 Å². The number of hydrogen-bond acceptors (Lipinski definition) is 2. The van der Waals surface area contributed by atoms with Crippen LogP contribution in [0.15, 0.2) is 30.3 Å². The molecule has 1 amide bonds. The maximum Gasteiger partial charge on any atom is 0.471 e. The van der Waals surface area contributed by atoms with Gasteiger partial charge in [0, 0.05) is 25.0 Å². The van der Waals surface area contributed by atoms with Gasteiger partial charge in [-0.05, 0) is 24.8 Å². The van der Waals surface area contributed by atoms with Crippen LogP contribution in [0, 0.1) is 5.92 Å². The molecule has 0 aromatic heterocycles. The number of benzene rings is 1. The fourth-order valence-corrected chi connectivity index (χ4v) is 3.01. The Labute approximate surface area is 121 Å². The molecule has 1 fully saturated rings. The van der Waals surface area contributed by atoms with Crippen LogP contribution in [0.25, 0.3) is 0 Å². The summed E-state index contributed by atoms with van der Waals surface area (Å²) in [5, 5.41) is 0. The number of carbonyl (C=O) groups excluding carboxylic acids is 1. The van der Waals surface area contributed by atoms with Crippen LogP contribution in [0.2, 0.25) is 0 Å². The summed E-state index contributed by atoms with van der Waals surface area (Å²) in [5.41, 5.74) is 6.75. The number of hydrogen-bond donors (Lipinski definition) is 1. The molecule has 2 rings (SSSR count). The second kappa shape index (κ2) is 6.05. The predicted molar refractivity (Wildman–Crippen MR) is 73.6 cm³/mol. The summed E-state index contributed by atoms with van der Waals surface area (Å²) in [6.45, 7) is 2.04. The predicted octanol–water partition coefficient (Wildman–Crippen LogP) is 2.53. The van der Waals surface area contributed by atoms with E-state index in [4.69, 9.17) is 5.73 Å². The van der Waals surface area contributed by atoms with Gasteiger partial charge in [-0.25, -0.2) is 0 Å². The smallest absolute Gasteiger partial charge is 0.334 e. The molecule has 1 aromatic rings. The molecular formula is C15H19F3N2O. The van der Waals surface area contributed by atoms with Crippen LogP contribution in [0.4, 0.5) is 13.2 Å². The molecule has 0 aliphatic carbocycles. The third-order valence-corrected chi connectivity index (χ3v) is 3.87. The summed E-state index contributed by atoms with van der Waals surface area (Å²) in [5.74, 6) is -1.89. The van der Waals surface area contributed by atoms with Gasteiger partial charge in [0.15, 0.2) is 0 Å². The molecule has 1 aromatic carbocycles. The zero-order valence-corrected chi connectivity index (χ0v) is 11.8. The Morgan fingerprint density at radius 3 is 2.48 bits per heavy atom. The molecule has 0 bridgehead atoms. The molecule has 3 nitrogen and oxygen atoms in total. The largest absolute Gasteiger partial charge is 0.471 e. The van der Waals surface area contributed by atoms with Crippen LogP contribution in [0.3, 0.4) is 0 Å². The van der Waals surface area contributed by atoms with Crippen molar-refractivity contribution in [1.29, 1.82) is 0 Å². The van der Waals surface area contributed by atoms with Crippen LogP contribution in [0.1, 0.15) is 24.8 Å². The first-order chi connectivity index (χ1) is 9.79. The van der Waals surface area contributed by atoms with Crippen molar-refractivity contribution in [2.24, 2.45) is 11.7 Å². The average Bonchev–Trinajstić information content (AvgIpc) is 2.80. The van der Waals surface area contributed by atoms with Crippen molar-refractivity contribution in [1.82, 2.24) is 4.90 Å². The lowest BCUT2D eigenvalue weighted by Crippen LogP contribution is -2.40. The van der Waals surface area contributed by atoms with Gasteiger partial charge < -0.3 is 10.6 Å². The molecule has 0 saturated carbocycles.